The Balaban J connectivity index is 2.81. The maximum Gasteiger partial charge on any atom is 0.353 e. The van der Waals surface area contributed by atoms with E-state index in [9.17, 15) is 9.18 Å². The number of halogens is 2. The van der Waals surface area contributed by atoms with Crippen LogP contribution in [0.1, 0.15) is 0 Å². The Morgan fingerprint density at radius 2 is 2.27 bits per heavy atom. The van der Waals surface area contributed by atoms with Gasteiger partial charge in [-0.15, -0.1) is 0 Å². The monoisotopic (exact) mass is 229 g/mol. The van der Waals surface area contributed by atoms with Gasteiger partial charge in [0.05, 0.1) is 12.8 Å². The molecule has 1 aromatic carbocycles. The molecular formula is C10H9ClFNO2. The van der Waals surface area contributed by atoms with E-state index < -0.39 is 11.8 Å². The van der Waals surface area contributed by atoms with Crippen LogP contribution in [-0.4, -0.2) is 13.1 Å². The van der Waals surface area contributed by atoms with E-state index in [2.05, 4.69) is 16.6 Å². The predicted octanol–water partition coefficient (Wildman–Crippen LogP) is 2.58. The SMILES string of the molecule is C=C(Nc1ccc(Cl)cc1F)C(=O)OC. The largest absolute Gasteiger partial charge is 0.464 e. The minimum Gasteiger partial charge on any atom is -0.464 e. The van der Waals surface area contributed by atoms with Crippen LogP contribution in [0.15, 0.2) is 30.5 Å². The molecule has 0 saturated heterocycles. The molecule has 0 aliphatic carbocycles. The molecule has 0 bridgehead atoms. The minimum atomic E-state index is -0.649. The molecule has 0 spiro atoms. The number of nitrogens with one attached hydrogen (secondary N) is 1. The molecule has 0 heterocycles. The number of methoxy groups -OCH3 is 1. The summed E-state index contributed by atoms with van der Waals surface area (Å²) in [6, 6.07) is 4.04. The van der Waals surface area contributed by atoms with Gasteiger partial charge in [-0.3, -0.25) is 0 Å². The molecule has 0 aliphatic heterocycles. The topological polar surface area (TPSA) is 38.3 Å². The molecule has 1 N–H and O–H groups in total. The first-order valence-electron chi connectivity index (χ1n) is 4.04. The van der Waals surface area contributed by atoms with E-state index in [0.29, 0.717) is 0 Å². The Kier molecular flexibility index (Phi) is 3.68. The average molecular weight is 230 g/mol. The number of hydrogen-bond acceptors (Lipinski definition) is 3. The lowest BCUT2D eigenvalue weighted by molar-refractivity contribution is -0.135. The van der Waals surface area contributed by atoms with Crippen LogP contribution in [0, 0.1) is 5.82 Å². The van der Waals surface area contributed by atoms with Crippen LogP contribution in [0.3, 0.4) is 0 Å². The lowest BCUT2D eigenvalue weighted by Gasteiger charge is -2.08. The number of anilines is 1. The summed E-state index contributed by atoms with van der Waals surface area (Å²) in [6.07, 6.45) is 0. The molecule has 1 aromatic rings. The Morgan fingerprint density at radius 3 is 2.80 bits per heavy atom. The highest BCUT2D eigenvalue weighted by Crippen LogP contribution is 2.20. The average Bonchev–Trinajstić information content (AvgIpc) is 2.20. The van der Waals surface area contributed by atoms with Gasteiger partial charge in [-0.25, -0.2) is 9.18 Å². The van der Waals surface area contributed by atoms with E-state index in [4.69, 9.17) is 11.6 Å². The Bertz CT molecular complexity index is 406. The normalized spacial score (nSPS) is 9.53. The van der Waals surface area contributed by atoms with Gasteiger partial charge in [0.25, 0.3) is 0 Å². The first-order chi connectivity index (χ1) is 7.04. The van der Waals surface area contributed by atoms with E-state index in [1.165, 1.54) is 19.2 Å². The summed E-state index contributed by atoms with van der Waals surface area (Å²) < 4.78 is 17.6. The fraction of sp³-hybridized carbons (Fsp3) is 0.100. The molecule has 0 aliphatic rings. The second-order valence-corrected chi connectivity index (χ2v) is 3.16. The maximum absolute atomic E-state index is 13.2. The predicted molar refractivity (Wildman–Crippen MR) is 56.2 cm³/mol. The van der Waals surface area contributed by atoms with Crippen molar-refractivity contribution in [3.63, 3.8) is 0 Å². The van der Waals surface area contributed by atoms with Gasteiger partial charge in [0.15, 0.2) is 0 Å². The van der Waals surface area contributed by atoms with Crippen molar-refractivity contribution in [2.24, 2.45) is 0 Å². The smallest absolute Gasteiger partial charge is 0.353 e. The van der Waals surface area contributed by atoms with Crippen molar-refractivity contribution in [3.05, 3.63) is 41.3 Å². The van der Waals surface area contributed by atoms with Gasteiger partial charge in [0.2, 0.25) is 0 Å². The molecule has 0 unspecified atom stereocenters. The number of rotatable bonds is 3. The zero-order valence-corrected chi connectivity index (χ0v) is 8.77. The van der Waals surface area contributed by atoms with E-state index in [1.54, 1.807) is 0 Å². The summed E-state index contributed by atoms with van der Waals surface area (Å²) in [4.78, 5) is 11.0. The molecule has 3 nitrogen and oxygen atoms in total. The first-order valence-corrected chi connectivity index (χ1v) is 4.41. The van der Waals surface area contributed by atoms with Gasteiger partial charge in [-0.05, 0) is 18.2 Å². The third-order valence-electron chi connectivity index (χ3n) is 1.65. The number of hydrogen-bond donors (Lipinski definition) is 1. The highest BCUT2D eigenvalue weighted by atomic mass is 35.5. The molecule has 0 amide bonds. The zero-order chi connectivity index (χ0) is 11.4. The maximum atomic E-state index is 13.2. The first kappa shape index (κ1) is 11.5. The van der Waals surface area contributed by atoms with Crippen LogP contribution in [0.2, 0.25) is 5.02 Å². The van der Waals surface area contributed by atoms with E-state index in [1.807, 2.05) is 0 Å². The third-order valence-corrected chi connectivity index (χ3v) is 1.88. The molecule has 0 atom stereocenters. The van der Waals surface area contributed by atoms with Gasteiger partial charge in [-0.2, -0.15) is 0 Å². The van der Waals surface area contributed by atoms with Crippen LogP contribution in [0.25, 0.3) is 0 Å². The molecule has 15 heavy (non-hydrogen) atoms. The summed E-state index contributed by atoms with van der Waals surface area (Å²) in [5, 5.41) is 2.76. The van der Waals surface area contributed by atoms with Crippen molar-refractivity contribution >= 4 is 23.3 Å². The number of carbonyl (C=O) groups is 1. The molecular weight excluding hydrogens is 221 g/mol. The highest BCUT2D eigenvalue weighted by molar-refractivity contribution is 6.30. The van der Waals surface area contributed by atoms with E-state index in [-0.39, 0.29) is 16.4 Å². The Hall–Kier alpha value is -1.55. The zero-order valence-electron chi connectivity index (χ0n) is 8.01. The fourth-order valence-corrected chi connectivity index (χ4v) is 1.09. The number of carbonyl (C=O) groups excluding carboxylic acids is 1. The van der Waals surface area contributed by atoms with Crippen molar-refractivity contribution < 1.29 is 13.9 Å². The molecule has 5 heteroatoms. The van der Waals surface area contributed by atoms with Gasteiger partial charge in [0, 0.05) is 5.02 Å². The van der Waals surface area contributed by atoms with Crippen LogP contribution >= 0.6 is 11.6 Å². The second kappa shape index (κ2) is 4.79. The van der Waals surface area contributed by atoms with Gasteiger partial charge in [0.1, 0.15) is 11.5 Å². The number of ether oxygens (including phenoxy) is 1. The Labute approximate surface area is 91.5 Å². The highest BCUT2D eigenvalue weighted by Gasteiger charge is 2.09. The molecule has 0 aromatic heterocycles. The second-order valence-electron chi connectivity index (χ2n) is 2.72. The lowest BCUT2D eigenvalue weighted by Crippen LogP contribution is -2.12. The van der Waals surface area contributed by atoms with Gasteiger partial charge >= 0.3 is 5.97 Å². The standard InChI is InChI=1S/C10H9ClFNO2/c1-6(10(14)15-2)13-9-4-3-7(11)5-8(9)12/h3-5,13H,1H2,2H3. The summed E-state index contributed by atoms with van der Waals surface area (Å²) in [5.41, 5.74) is 0.0773. The number of benzene rings is 1. The number of esters is 1. The quantitative estimate of drug-likeness (QED) is 0.640. The summed E-state index contributed by atoms with van der Waals surface area (Å²) in [6.45, 7) is 3.40. The molecule has 80 valence electrons. The summed E-state index contributed by atoms with van der Waals surface area (Å²) in [5.74, 6) is -1.21. The molecule has 0 radical (unpaired) electrons. The molecule has 1 rings (SSSR count). The van der Waals surface area contributed by atoms with Gasteiger partial charge < -0.3 is 10.1 Å². The van der Waals surface area contributed by atoms with Crippen molar-refractivity contribution in [2.75, 3.05) is 12.4 Å². The summed E-state index contributed by atoms with van der Waals surface area (Å²) >= 11 is 5.56. The lowest BCUT2D eigenvalue weighted by atomic mass is 10.3. The van der Waals surface area contributed by atoms with Crippen molar-refractivity contribution in [3.8, 4) is 0 Å². The van der Waals surface area contributed by atoms with Crippen LogP contribution in [-0.2, 0) is 9.53 Å². The summed E-state index contributed by atoms with van der Waals surface area (Å²) in [7, 11) is 1.22. The van der Waals surface area contributed by atoms with Crippen molar-refractivity contribution in [2.45, 2.75) is 0 Å². The fourth-order valence-electron chi connectivity index (χ4n) is 0.928. The van der Waals surface area contributed by atoms with E-state index in [0.717, 1.165) is 6.07 Å². The minimum absolute atomic E-state index is 0.0428. The van der Waals surface area contributed by atoms with Crippen LogP contribution in [0.5, 0.6) is 0 Å². The third kappa shape index (κ3) is 2.95. The van der Waals surface area contributed by atoms with Crippen LogP contribution in [0.4, 0.5) is 10.1 Å². The molecule has 0 saturated carbocycles. The molecule has 0 fully saturated rings. The van der Waals surface area contributed by atoms with Gasteiger partial charge in [-0.1, -0.05) is 18.2 Å². The van der Waals surface area contributed by atoms with Crippen molar-refractivity contribution in [1.82, 2.24) is 0 Å². The van der Waals surface area contributed by atoms with E-state index >= 15 is 0 Å². The van der Waals surface area contributed by atoms with Crippen molar-refractivity contribution in [1.29, 1.82) is 0 Å². The Morgan fingerprint density at radius 1 is 1.60 bits per heavy atom. The van der Waals surface area contributed by atoms with Crippen LogP contribution < -0.4 is 5.32 Å².